The fourth-order valence-electron chi connectivity index (χ4n) is 3.43. The number of carbonyl (C=O) groups is 1. The molecule has 0 bridgehead atoms. The molecule has 0 fully saturated rings. The van der Waals surface area contributed by atoms with Gasteiger partial charge in [-0.1, -0.05) is 44.2 Å². The predicted molar refractivity (Wildman–Crippen MR) is 111 cm³/mol. The van der Waals surface area contributed by atoms with Crippen molar-refractivity contribution < 1.29 is 9.18 Å². The molecular formula is C24H26FNO. The van der Waals surface area contributed by atoms with Gasteiger partial charge in [0.15, 0.2) is 0 Å². The maximum atomic E-state index is 13.9. The van der Waals surface area contributed by atoms with Crippen LogP contribution in [0, 0.1) is 5.82 Å². The molecule has 1 aliphatic rings. The van der Waals surface area contributed by atoms with E-state index in [1.165, 1.54) is 11.6 Å². The molecule has 1 amide bonds. The van der Waals surface area contributed by atoms with Crippen LogP contribution in [0.1, 0.15) is 55.4 Å². The number of hydrogen-bond acceptors (Lipinski definition) is 1. The molecule has 0 atom stereocenters. The van der Waals surface area contributed by atoms with E-state index in [1.807, 2.05) is 13.0 Å². The second-order valence-corrected chi connectivity index (χ2v) is 7.64. The summed E-state index contributed by atoms with van der Waals surface area (Å²) in [5, 5.41) is 0. The van der Waals surface area contributed by atoms with Gasteiger partial charge in [-0.15, -0.1) is 0 Å². The molecule has 0 spiro atoms. The zero-order valence-electron chi connectivity index (χ0n) is 16.6. The first-order valence-electron chi connectivity index (χ1n) is 9.30. The number of nitrogens with zero attached hydrogens (tertiary/aromatic N) is 1. The number of fused-ring (bicyclic) bond motifs is 1. The number of benzene rings is 2. The molecular weight excluding hydrogens is 337 g/mol. The summed E-state index contributed by atoms with van der Waals surface area (Å²) in [6.07, 6.45) is 2.40. The van der Waals surface area contributed by atoms with Gasteiger partial charge in [0, 0.05) is 14.1 Å². The molecule has 0 saturated carbocycles. The van der Waals surface area contributed by atoms with E-state index >= 15 is 0 Å². The van der Waals surface area contributed by atoms with Gasteiger partial charge >= 0.3 is 0 Å². The Morgan fingerprint density at radius 1 is 1.07 bits per heavy atom. The monoisotopic (exact) mass is 363 g/mol. The van der Waals surface area contributed by atoms with Gasteiger partial charge in [-0.3, -0.25) is 4.79 Å². The van der Waals surface area contributed by atoms with Crippen molar-refractivity contribution in [1.29, 1.82) is 0 Å². The maximum absolute atomic E-state index is 13.9. The van der Waals surface area contributed by atoms with Crippen molar-refractivity contribution in [3.8, 4) is 0 Å². The van der Waals surface area contributed by atoms with Crippen LogP contribution in [0.2, 0.25) is 0 Å². The van der Waals surface area contributed by atoms with Crippen molar-refractivity contribution >= 4 is 23.1 Å². The number of amides is 1. The van der Waals surface area contributed by atoms with Crippen LogP contribution in [0.4, 0.5) is 4.39 Å². The summed E-state index contributed by atoms with van der Waals surface area (Å²) in [7, 11) is 3.49. The van der Waals surface area contributed by atoms with E-state index in [-0.39, 0.29) is 18.1 Å². The van der Waals surface area contributed by atoms with Crippen LogP contribution in [-0.2, 0) is 4.79 Å². The van der Waals surface area contributed by atoms with Crippen LogP contribution in [-0.4, -0.2) is 24.9 Å². The Labute approximate surface area is 161 Å². The van der Waals surface area contributed by atoms with Crippen LogP contribution in [0.5, 0.6) is 0 Å². The molecule has 0 radical (unpaired) electrons. The largest absolute Gasteiger partial charge is 0.349 e. The normalized spacial score (nSPS) is 14.9. The van der Waals surface area contributed by atoms with Crippen LogP contribution >= 0.6 is 0 Å². The van der Waals surface area contributed by atoms with Crippen LogP contribution in [0.3, 0.4) is 0 Å². The molecule has 1 aliphatic carbocycles. The smallest absolute Gasteiger partial charge is 0.226 e. The fourth-order valence-corrected chi connectivity index (χ4v) is 3.43. The number of hydrogen-bond donors (Lipinski definition) is 0. The summed E-state index contributed by atoms with van der Waals surface area (Å²) in [6.45, 7) is 6.37. The lowest BCUT2D eigenvalue weighted by atomic mass is 9.98. The summed E-state index contributed by atoms with van der Waals surface area (Å²) in [6, 6.07) is 13.4. The van der Waals surface area contributed by atoms with Crippen molar-refractivity contribution in [2.24, 2.45) is 0 Å². The fraction of sp³-hybridized carbons (Fsp3) is 0.292. The third-order valence-electron chi connectivity index (χ3n) is 5.19. The van der Waals surface area contributed by atoms with Crippen molar-refractivity contribution in [2.75, 3.05) is 14.1 Å². The minimum atomic E-state index is -0.279. The predicted octanol–water partition coefficient (Wildman–Crippen LogP) is 5.76. The molecule has 3 heteroatoms. The standard InChI is InChI=1S/C24H26FNO/c1-15(2)18-8-6-17(7-9-18)12-21-16(3)22(14-24(27)26(4)5)23-13-19(25)10-11-20(21)23/h6-13,15H,14H2,1-5H3/b21-12-. The lowest BCUT2D eigenvalue weighted by molar-refractivity contribution is -0.127. The Morgan fingerprint density at radius 3 is 2.33 bits per heavy atom. The highest BCUT2D eigenvalue weighted by Crippen LogP contribution is 2.44. The molecule has 2 aromatic carbocycles. The van der Waals surface area contributed by atoms with Crippen molar-refractivity contribution in [2.45, 2.75) is 33.1 Å². The maximum Gasteiger partial charge on any atom is 0.226 e. The summed E-state index contributed by atoms with van der Waals surface area (Å²) in [5.41, 5.74) is 7.23. The van der Waals surface area contributed by atoms with Crippen molar-refractivity contribution in [1.82, 2.24) is 4.90 Å². The molecule has 0 saturated heterocycles. The number of halogens is 1. The van der Waals surface area contributed by atoms with Gasteiger partial charge in [0.2, 0.25) is 5.91 Å². The van der Waals surface area contributed by atoms with E-state index in [4.69, 9.17) is 0 Å². The molecule has 0 unspecified atom stereocenters. The van der Waals surface area contributed by atoms with Gasteiger partial charge in [0.05, 0.1) is 6.42 Å². The van der Waals surface area contributed by atoms with Crippen molar-refractivity contribution in [3.63, 3.8) is 0 Å². The number of rotatable bonds is 4. The molecule has 0 heterocycles. The Hall–Kier alpha value is -2.68. The SMILES string of the molecule is CC1=C(CC(=O)N(C)C)c2cc(F)ccc2/C1=C\c1ccc(C(C)C)cc1. The van der Waals surface area contributed by atoms with Gasteiger partial charge in [0.25, 0.3) is 0 Å². The Balaban J connectivity index is 2.06. The second kappa shape index (κ2) is 7.51. The first-order valence-corrected chi connectivity index (χ1v) is 9.30. The third-order valence-corrected chi connectivity index (χ3v) is 5.19. The number of carbonyl (C=O) groups excluding carboxylic acids is 1. The van der Waals surface area contributed by atoms with Gasteiger partial charge in [-0.25, -0.2) is 4.39 Å². The average molecular weight is 363 g/mol. The molecule has 27 heavy (non-hydrogen) atoms. The molecule has 0 aliphatic heterocycles. The minimum absolute atomic E-state index is 0.0158. The highest BCUT2D eigenvalue weighted by Gasteiger charge is 2.26. The quantitative estimate of drug-likeness (QED) is 0.677. The lowest BCUT2D eigenvalue weighted by Gasteiger charge is -2.12. The zero-order valence-corrected chi connectivity index (χ0v) is 16.6. The Kier molecular flexibility index (Phi) is 5.31. The topological polar surface area (TPSA) is 20.3 Å². The van der Waals surface area contributed by atoms with Gasteiger partial charge in [-0.2, -0.15) is 0 Å². The van der Waals surface area contributed by atoms with E-state index < -0.39 is 0 Å². The summed E-state index contributed by atoms with van der Waals surface area (Å²) in [4.78, 5) is 13.9. The van der Waals surface area contributed by atoms with E-state index in [0.717, 1.165) is 33.4 Å². The van der Waals surface area contributed by atoms with Gasteiger partial charge < -0.3 is 4.90 Å². The minimum Gasteiger partial charge on any atom is -0.349 e. The van der Waals surface area contributed by atoms with Crippen LogP contribution in [0.15, 0.2) is 48.0 Å². The number of allylic oxidation sites excluding steroid dienone is 2. The van der Waals surface area contributed by atoms with Crippen LogP contribution < -0.4 is 0 Å². The molecule has 2 nitrogen and oxygen atoms in total. The first kappa shape index (κ1) is 19.1. The Morgan fingerprint density at radius 2 is 1.74 bits per heavy atom. The molecule has 140 valence electrons. The molecule has 0 aromatic heterocycles. The highest BCUT2D eigenvalue weighted by molar-refractivity contribution is 6.08. The summed E-state index contributed by atoms with van der Waals surface area (Å²) in [5.74, 6) is 0.230. The molecule has 2 aromatic rings. The summed E-state index contributed by atoms with van der Waals surface area (Å²) < 4.78 is 13.9. The van der Waals surface area contributed by atoms with E-state index in [1.54, 1.807) is 25.1 Å². The first-order chi connectivity index (χ1) is 12.8. The third kappa shape index (κ3) is 3.87. The van der Waals surface area contributed by atoms with Gasteiger partial charge in [0.1, 0.15) is 5.82 Å². The zero-order chi connectivity index (χ0) is 19.7. The summed E-state index contributed by atoms with van der Waals surface area (Å²) >= 11 is 0. The average Bonchev–Trinajstić information content (AvgIpc) is 2.87. The Bertz CT molecular complexity index is 933. The van der Waals surface area contributed by atoms with Crippen molar-refractivity contribution in [3.05, 3.63) is 76.1 Å². The van der Waals surface area contributed by atoms with E-state index in [9.17, 15) is 9.18 Å². The second-order valence-electron chi connectivity index (χ2n) is 7.64. The highest BCUT2D eigenvalue weighted by atomic mass is 19.1. The van der Waals surface area contributed by atoms with E-state index in [0.29, 0.717) is 5.92 Å². The lowest BCUT2D eigenvalue weighted by Crippen LogP contribution is -2.21. The molecule has 0 N–H and O–H groups in total. The van der Waals surface area contributed by atoms with Gasteiger partial charge in [-0.05, 0) is 70.0 Å². The van der Waals surface area contributed by atoms with Crippen LogP contribution in [0.25, 0.3) is 17.2 Å². The molecule has 3 rings (SSSR count). The van der Waals surface area contributed by atoms with E-state index in [2.05, 4.69) is 44.2 Å².